The summed E-state index contributed by atoms with van der Waals surface area (Å²) in [5.41, 5.74) is 0.430. The van der Waals surface area contributed by atoms with Crippen LogP contribution in [0.1, 0.15) is 69.2 Å². The van der Waals surface area contributed by atoms with Gasteiger partial charge in [-0.1, -0.05) is 26.2 Å². The van der Waals surface area contributed by atoms with Gasteiger partial charge >= 0.3 is 6.18 Å². The van der Waals surface area contributed by atoms with Crippen LogP contribution in [0.5, 0.6) is 5.75 Å². The van der Waals surface area contributed by atoms with Gasteiger partial charge in [-0.05, 0) is 50.9 Å². The number of ether oxygens (including phenoxy) is 1. The Kier molecular flexibility index (Phi) is 10.2. The minimum absolute atomic E-state index is 0.0124. The number of aliphatic hydroxyl groups is 1. The van der Waals surface area contributed by atoms with Gasteiger partial charge in [0.1, 0.15) is 11.9 Å². The zero-order valence-corrected chi connectivity index (χ0v) is 22.0. The second-order valence-corrected chi connectivity index (χ2v) is 10.7. The van der Waals surface area contributed by atoms with Crippen molar-refractivity contribution in [3.05, 3.63) is 23.8 Å². The van der Waals surface area contributed by atoms with Crippen molar-refractivity contribution >= 4 is 17.5 Å². The quantitative estimate of drug-likeness (QED) is 0.487. The van der Waals surface area contributed by atoms with E-state index in [0.29, 0.717) is 24.8 Å². The number of hydrogen-bond donors (Lipinski definition) is 2. The second-order valence-electron chi connectivity index (χ2n) is 10.7. The summed E-state index contributed by atoms with van der Waals surface area (Å²) in [6.45, 7) is 5.61. The first-order valence-corrected chi connectivity index (χ1v) is 13.2. The molecule has 1 aromatic rings. The lowest BCUT2D eigenvalue weighted by Gasteiger charge is -2.38. The van der Waals surface area contributed by atoms with Crippen LogP contribution in [0.4, 0.5) is 18.9 Å². The largest absolute Gasteiger partial charge is 0.488 e. The van der Waals surface area contributed by atoms with Crippen LogP contribution in [0, 0.1) is 11.8 Å². The number of likely N-dealkylation sites (N-methyl/N-ethyl adjacent to an activating group) is 1. The summed E-state index contributed by atoms with van der Waals surface area (Å²) in [7, 11) is 2.09. The van der Waals surface area contributed by atoms with Crippen LogP contribution in [-0.2, 0) is 4.79 Å². The molecule has 37 heavy (non-hydrogen) atoms. The smallest absolute Gasteiger partial charge is 0.389 e. The number of alkyl halides is 3. The van der Waals surface area contributed by atoms with Crippen LogP contribution < -0.4 is 10.1 Å². The molecule has 3 rings (SSSR count). The van der Waals surface area contributed by atoms with Crippen molar-refractivity contribution in [1.82, 2.24) is 9.80 Å². The fourth-order valence-electron chi connectivity index (χ4n) is 5.19. The number of hydrogen-bond acceptors (Lipinski definition) is 5. The van der Waals surface area contributed by atoms with Crippen molar-refractivity contribution in [3.63, 3.8) is 0 Å². The molecule has 0 unspecified atom stereocenters. The van der Waals surface area contributed by atoms with Crippen LogP contribution in [0.15, 0.2) is 18.2 Å². The highest BCUT2D eigenvalue weighted by atomic mass is 19.4. The molecule has 0 radical (unpaired) electrons. The van der Waals surface area contributed by atoms with Gasteiger partial charge < -0.3 is 25.0 Å². The zero-order valence-electron chi connectivity index (χ0n) is 22.0. The summed E-state index contributed by atoms with van der Waals surface area (Å²) < 4.78 is 43.8. The van der Waals surface area contributed by atoms with Gasteiger partial charge in [-0.3, -0.25) is 9.59 Å². The molecule has 0 bridgehead atoms. The third kappa shape index (κ3) is 8.60. The first-order chi connectivity index (χ1) is 17.5. The van der Waals surface area contributed by atoms with E-state index in [0.717, 1.165) is 6.54 Å². The molecular formula is C27H40F3N3O4. The lowest BCUT2D eigenvalue weighted by atomic mass is 9.89. The van der Waals surface area contributed by atoms with Crippen molar-refractivity contribution in [2.75, 3.05) is 38.6 Å². The monoisotopic (exact) mass is 527 g/mol. The van der Waals surface area contributed by atoms with E-state index in [1.54, 1.807) is 17.9 Å². The summed E-state index contributed by atoms with van der Waals surface area (Å²) in [4.78, 5) is 29.4. The molecule has 1 heterocycles. The molecule has 208 valence electrons. The predicted molar refractivity (Wildman–Crippen MR) is 136 cm³/mol. The van der Waals surface area contributed by atoms with E-state index in [-0.39, 0.29) is 35.8 Å². The van der Waals surface area contributed by atoms with E-state index in [9.17, 15) is 27.9 Å². The number of halogens is 3. The summed E-state index contributed by atoms with van der Waals surface area (Å²) in [5, 5.41) is 12.3. The molecule has 0 saturated heterocycles. The number of carbonyl (C=O) groups excluding carboxylic acids is 2. The van der Waals surface area contributed by atoms with Gasteiger partial charge in [0.25, 0.3) is 5.91 Å². The van der Waals surface area contributed by atoms with E-state index >= 15 is 0 Å². The minimum Gasteiger partial charge on any atom is -0.488 e. The van der Waals surface area contributed by atoms with Crippen LogP contribution in [0.3, 0.4) is 0 Å². The number of amides is 2. The molecule has 10 heteroatoms. The van der Waals surface area contributed by atoms with Gasteiger partial charge in [0.05, 0.1) is 24.6 Å². The molecule has 2 N–H and O–H groups in total. The Labute approximate surface area is 217 Å². The van der Waals surface area contributed by atoms with E-state index in [4.69, 9.17) is 4.74 Å². The highest BCUT2D eigenvalue weighted by Crippen LogP contribution is 2.31. The number of benzene rings is 1. The predicted octanol–water partition coefficient (Wildman–Crippen LogP) is 4.70. The minimum atomic E-state index is -4.43. The summed E-state index contributed by atoms with van der Waals surface area (Å²) in [5.74, 6) is -0.125. The SMILES string of the molecule is C[C@H]1CN([C@@H](C)CO)C(=O)c2cc(NC(=O)CCC(F)(F)F)ccc2O[C@@H]1CN(C)CC1CCCCC1. The van der Waals surface area contributed by atoms with Crippen LogP contribution >= 0.6 is 0 Å². The van der Waals surface area contributed by atoms with Gasteiger partial charge in [0, 0.05) is 37.7 Å². The standard InChI is InChI=1S/C27H40F3N3O4/c1-18-14-33(19(2)17-34)26(36)22-13-21(31-25(35)11-12-27(28,29)30)9-10-23(22)37-24(18)16-32(3)15-20-7-5-4-6-8-20/h9-10,13,18-20,24,34H,4-8,11-12,14-17H2,1-3H3,(H,31,35)/t18-,19-,24+/m0/s1. The average Bonchev–Trinajstić information content (AvgIpc) is 2.85. The second kappa shape index (κ2) is 13.0. The zero-order chi connectivity index (χ0) is 27.2. The maximum atomic E-state index is 13.5. The molecule has 7 nitrogen and oxygen atoms in total. The summed E-state index contributed by atoms with van der Waals surface area (Å²) >= 11 is 0. The lowest BCUT2D eigenvalue weighted by molar-refractivity contribution is -0.142. The van der Waals surface area contributed by atoms with Crippen molar-refractivity contribution in [2.45, 2.75) is 77.1 Å². The molecule has 2 amide bonds. The average molecular weight is 528 g/mol. The molecule has 1 saturated carbocycles. The Balaban J connectivity index is 1.80. The molecule has 0 aromatic heterocycles. The molecular weight excluding hydrogens is 487 g/mol. The van der Waals surface area contributed by atoms with Gasteiger partial charge in [0.2, 0.25) is 5.91 Å². The van der Waals surface area contributed by atoms with E-state index in [2.05, 4.69) is 17.3 Å². The van der Waals surface area contributed by atoms with Gasteiger partial charge in [-0.2, -0.15) is 13.2 Å². The fraction of sp³-hybridized carbons (Fsp3) is 0.704. The Bertz CT molecular complexity index is 921. The van der Waals surface area contributed by atoms with Crippen molar-refractivity contribution in [2.24, 2.45) is 11.8 Å². The van der Waals surface area contributed by atoms with Gasteiger partial charge in [0.15, 0.2) is 0 Å². The topological polar surface area (TPSA) is 82.1 Å². The van der Waals surface area contributed by atoms with Gasteiger partial charge in [-0.15, -0.1) is 0 Å². The fourth-order valence-corrected chi connectivity index (χ4v) is 5.19. The highest BCUT2D eigenvalue weighted by Gasteiger charge is 2.34. The molecule has 0 spiro atoms. The summed E-state index contributed by atoms with van der Waals surface area (Å²) in [6.07, 6.45) is -0.250. The van der Waals surface area contributed by atoms with E-state index in [1.165, 1.54) is 44.2 Å². The number of aliphatic hydroxyl groups excluding tert-OH is 1. The lowest BCUT2D eigenvalue weighted by Crippen LogP contribution is -2.50. The van der Waals surface area contributed by atoms with Crippen LogP contribution in [0.2, 0.25) is 0 Å². The number of rotatable bonds is 9. The normalized spacial score (nSPS) is 22.2. The molecule has 1 aliphatic carbocycles. The van der Waals surface area contributed by atoms with Crippen molar-refractivity contribution in [3.8, 4) is 5.75 Å². The first-order valence-electron chi connectivity index (χ1n) is 13.2. The van der Waals surface area contributed by atoms with Crippen molar-refractivity contribution in [1.29, 1.82) is 0 Å². The third-order valence-corrected chi connectivity index (χ3v) is 7.37. The van der Waals surface area contributed by atoms with Gasteiger partial charge in [-0.25, -0.2) is 0 Å². The number of nitrogens with one attached hydrogen (secondary N) is 1. The Morgan fingerprint density at radius 2 is 1.95 bits per heavy atom. The number of anilines is 1. The number of nitrogens with zero attached hydrogens (tertiary/aromatic N) is 2. The highest BCUT2D eigenvalue weighted by molar-refractivity contribution is 5.99. The molecule has 1 fully saturated rings. The number of carbonyl (C=O) groups is 2. The maximum absolute atomic E-state index is 13.5. The number of fused-ring (bicyclic) bond motifs is 1. The Morgan fingerprint density at radius 1 is 1.24 bits per heavy atom. The molecule has 3 atom stereocenters. The van der Waals surface area contributed by atoms with Crippen LogP contribution in [0.25, 0.3) is 0 Å². The molecule has 1 aliphatic heterocycles. The summed E-state index contributed by atoms with van der Waals surface area (Å²) in [6, 6.07) is 4.12. The third-order valence-electron chi connectivity index (χ3n) is 7.37. The maximum Gasteiger partial charge on any atom is 0.389 e. The molecule has 2 aliphatic rings. The first kappa shape index (κ1) is 29.2. The van der Waals surface area contributed by atoms with E-state index in [1.807, 2.05) is 6.92 Å². The Hall–Kier alpha value is -2.33. The van der Waals surface area contributed by atoms with Crippen LogP contribution in [-0.4, -0.2) is 78.3 Å². The van der Waals surface area contributed by atoms with Crippen molar-refractivity contribution < 1.29 is 32.6 Å². The Morgan fingerprint density at radius 3 is 2.59 bits per heavy atom. The molecule has 1 aromatic carbocycles. The van der Waals surface area contributed by atoms with E-state index < -0.39 is 31.0 Å².